The number of rotatable bonds is 5. The Bertz CT molecular complexity index is 360. The molecular formula is C17H26IN. The zero-order valence-corrected chi connectivity index (χ0v) is 14.2. The highest BCUT2D eigenvalue weighted by Crippen LogP contribution is 2.27. The lowest BCUT2D eigenvalue weighted by Gasteiger charge is -2.26. The molecule has 2 rings (SSSR count). The fourth-order valence-corrected chi connectivity index (χ4v) is 3.51. The molecule has 0 spiro atoms. The molecule has 1 saturated carbocycles. The van der Waals surface area contributed by atoms with Gasteiger partial charge >= 0.3 is 0 Å². The third-order valence-corrected chi connectivity index (χ3v) is 4.95. The minimum absolute atomic E-state index is 0.738. The lowest BCUT2D eigenvalue weighted by Crippen LogP contribution is -2.37. The standard InChI is InChI=1S/C17H26IN/c1-2-12-19-17-7-5-3-4-6-15(17)13-14-8-10-16(18)11-9-14/h8-11,15,17,19H,2-7,12-13H2,1H3. The number of hydrogen-bond acceptors (Lipinski definition) is 1. The number of hydrogen-bond donors (Lipinski definition) is 1. The van der Waals surface area contributed by atoms with Gasteiger partial charge in [-0.05, 0) is 78.4 Å². The molecule has 1 aliphatic rings. The molecule has 1 aliphatic carbocycles. The Kier molecular flexibility index (Phi) is 6.65. The van der Waals surface area contributed by atoms with E-state index in [1.54, 1.807) is 0 Å². The maximum Gasteiger partial charge on any atom is 0.0130 e. The smallest absolute Gasteiger partial charge is 0.0130 e. The fraction of sp³-hybridized carbons (Fsp3) is 0.647. The summed E-state index contributed by atoms with van der Waals surface area (Å²) in [5.41, 5.74) is 1.51. The molecule has 2 heteroatoms. The van der Waals surface area contributed by atoms with Crippen LogP contribution in [0, 0.1) is 9.49 Å². The molecule has 1 fully saturated rings. The van der Waals surface area contributed by atoms with Crippen LogP contribution in [0.5, 0.6) is 0 Å². The van der Waals surface area contributed by atoms with Crippen molar-refractivity contribution in [1.29, 1.82) is 0 Å². The van der Waals surface area contributed by atoms with Gasteiger partial charge in [-0.25, -0.2) is 0 Å². The first-order chi connectivity index (χ1) is 9.29. The summed E-state index contributed by atoms with van der Waals surface area (Å²) in [7, 11) is 0. The first-order valence-corrected chi connectivity index (χ1v) is 8.85. The van der Waals surface area contributed by atoms with Gasteiger partial charge in [-0.1, -0.05) is 38.3 Å². The van der Waals surface area contributed by atoms with Gasteiger partial charge in [0.15, 0.2) is 0 Å². The molecule has 0 amide bonds. The van der Waals surface area contributed by atoms with Crippen molar-refractivity contribution < 1.29 is 0 Å². The highest BCUT2D eigenvalue weighted by atomic mass is 127. The summed E-state index contributed by atoms with van der Waals surface area (Å²) in [5.74, 6) is 0.828. The van der Waals surface area contributed by atoms with E-state index in [1.165, 1.54) is 60.6 Å². The predicted molar refractivity (Wildman–Crippen MR) is 91.5 cm³/mol. The Morgan fingerprint density at radius 1 is 1.11 bits per heavy atom. The van der Waals surface area contributed by atoms with Crippen LogP contribution in [0.25, 0.3) is 0 Å². The molecular weight excluding hydrogens is 345 g/mol. The molecule has 0 radical (unpaired) electrons. The van der Waals surface area contributed by atoms with Crippen molar-refractivity contribution in [3.63, 3.8) is 0 Å². The largest absolute Gasteiger partial charge is 0.314 e. The Morgan fingerprint density at radius 3 is 2.58 bits per heavy atom. The summed E-state index contributed by atoms with van der Waals surface area (Å²) in [4.78, 5) is 0. The zero-order chi connectivity index (χ0) is 13.5. The monoisotopic (exact) mass is 371 g/mol. The van der Waals surface area contributed by atoms with Crippen LogP contribution in [0.4, 0.5) is 0 Å². The van der Waals surface area contributed by atoms with Crippen molar-refractivity contribution in [2.45, 2.75) is 57.9 Å². The van der Waals surface area contributed by atoms with E-state index in [0.29, 0.717) is 0 Å². The molecule has 1 aromatic rings. The number of halogens is 1. The van der Waals surface area contributed by atoms with E-state index in [-0.39, 0.29) is 0 Å². The topological polar surface area (TPSA) is 12.0 Å². The van der Waals surface area contributed by atoms with Gasteiger partial charge in [-0.15, -0.1) is 0 Å². The second kappa shape index (κ2) is 8.25. The Hall–Kier alpha value is -0.0900. The normalized spacial score (nSPS) is 24.1. The van der Waals surface area contributed by atoms with Crippen LogP contribution in [-0.2, 0) is 6.42 Å². The van der Waals surface area contributed by atoms with Gasteiger partial charge in [0.1, 0.15) is 0 Å². The summed E-state index contributed by atoms with van der Waals surface area (Å²) in [6, 6.07) is 9.83. The van der Waals surface area contributed by atoms with Gasteiger partial charge in [0.2, 0.25) is 0 Å². The highest BCUT2D eigenvalue weighted by molar-refractivity contribution is 14.1. The third kappa shape index (κ3) is 5.07. The van der Waals surface area contributed by atoms with Crippen molar-refractivity contribution in [2.75, 3.05) is 6.54 Å². The van der Waals surface area contributed by atoms with E-state index in [2.05, 4.69) is 59.1 Å². The van der Waals surface area contributed by atoms with Crippen LogP contribution < -0.4 is 5.32 Å². The first kappa shape index (κ1) is 15.3. The molecule has 1 N–H and O–H groups in total. The van der Waals surface area contributed by atoms with Gasteiger partial charge in [-0.3, -0.25) is 0 Å². The van der Waals surface area contributed by atoms with Crippen LogP contribution in [0.3, 0.4) is 0 Å². The predicted octanol–water partition coefficient (Wildman–Crippen LogP) is 4.78. The van der Waals surface area contributed by atoms with Gasteiger partial charge in [0.05, 0.1) is 0 Å². The minimum Gasteiger partial charge on any atom is -0.314 e. The van der Waals surface area contributed by atoms with Gasteiger partial charge < -0.3 is 5.32 Å². The molecule has 0 aromatic heterocycles. The Morgan fingerprint density at radius 2 is 1.84 bits per heavy atom. The maximum atomic E-state index is 3.79. The van der Waals surface area contributed by atoms with E-state index in [1.807, 2.05) is 0 Å². The maximum absolute atomic E-state index is 3.79. The van der Waals surface area contributed by atoms with Crippen LogP contribution in [0.1, 0.15) is 51.0 Å². The lowest BCUT2D eigenvalue weighted by molar-refractivity contribution is 0.332. The molecule has 1 nitrogen and oxygen atoms in total. The second-order valence-corrected chi connectivity index (χ2v) is 7.03. The van der Waals surface area contributed by atoms with Crippen molar-refractivity contribution in [3.05, 3.63) is 33.4 Å². The Balaban J connectivity index is 1.98. The second-order valence-electron chi connectivity index (χ2n) is 5.79. The summed E-state index contributed by atoms with van der Waals surface area (Å²) in [6.45, 7) is 3.44. The van der Waals surface area contributed by atoms with Crippen molar-refractivity contribution in [1.82, 2.24) is 5.32 Å². The first-order valence-electron chi connectivity index (χ1n) is 7.77. The van der Waals surface area contributed by atoms with Gasteiger partial charge in [-0.2, -0.15) is 0 Å². The number of nitrogens with one attached hydrogen (secondary N) is 1. The van der Waals surface area contributed by atoms with Gasteiger partial charge in [0.25, 0.3) is 0 Å². The van der Waals surface area contributed by atoms with E-state index in [4.69, 9.17) is 0 Å². The molecule has 2 atom stereocenters. The molecule has 0 bridgehead atoms. The average Bonchev–Trinajstić information content (AvgIpc) is 2.64. The van der Waals surface area contributed by atoms with E-state index < -0.39 is 0 Å². The van der Waals surface area contributed by atoms with Crippen LogP contribution in [0.2, 0.25) is 0 Å². The van der Waals surface area contributed by atoms with Crippen LogP contribution in [-0.4, -0.2) is 12.6 Å². The average molecular weight is 371 g/mol. The van der Waals surface area contributed by atoms with E-state index in [9.17, 15) is 0 Å². The molecule has 0 aliphatic heterocycles. The quantitative estimate of drug-likeness (QED) is 0.580. The summed E-state index contributed by atoms with van der Waals surface area (Å²) in [6.07, 6.45) is 9.50. The third-order valence-electron chi connectivity index (χ3n) is 4.23. The summed E-state index contributed by atoms with van der Waals surface area (Å²) < 4.78 is 1.34. The molecule has 2 unspecified atom stereocenters. The number of benzene rings is 1. The molecule has 0 saturated heterocycles. The summed E-state index contributed by atoms with van der Waals surface area (Å²) in [5, 5.41) is 3.79. The van der Waals surface area contributed by atoms with Crippen LogP contribution in [0.15, 0.2) is 24.3 Å². The molecule has 106 valence electrons. The summed E-state index contributed by atoms with van der Waals surface area (Å²) >= 11 is 2.38. The van der Waals surface area contributed by atoms with Gasteiger partial charge in [0, 0.05) is 9.61 Å². The van der Waals surface area contributed by atoms with Crippen molar-refractivity contribution in [3.8, 4) is 0 Å². The Labute approximate surface area is 131 Å². The zero-order valence-electron chi connectivity index (χ0n) is 12.0. The lowest BCUT2D eigenvalue weighted by atomic mass is 9.88. The molecule has 19 heavy (non-hydrogen) atoms. The molecule has 1 aromatic carbocycles. The minimum atomic E-state index is 0.738. The SMILES string of the molecule is CCCNC1CCCCCC1Cc1ccc(I)cc1. The van der Waals surface area contributed by atoms with Crippen molar-refractivity contribution >= 4 is 22.6 Å². The highest BCUT2D eigenvalue weighted by Gasteiger charge is 2.23. The molecule has 0 heterocycles. The fourth-order valence-electron chi connectivity index (χ4n) is 3.15. The van der Waals surface area contributed by atoms with Crippen molar-refractivity contribution in [2.24, 2.45) is 5.92 Å². The van der Waals surface area contributed by atoms with E-state index >= 15 is 0 Å². The van der Waals surface area contributed by atoms with Crippen LogP contribution >= 0.6 is 22.6 Å². The van der Waals surface area contributed by atoms with E-state index in [0.717, 1.165) is 12.0 Å².